The maximum Gasteiger partial charge on any atom is 0.240 e. The van der Waals surface area contributed by atoms with Crippen LogP contribution in [0, 0.1) is 0 Å². The summed E-state index contributed by atoms with van der Waals surface area (Å²) in [4.78, 5) is 4.98. The lowest BCUT2D eigenvalue weighted by Gasteiger charge is -2.13. The van der Waals surface area contributed by atoms with Crippen LogP contribution in [0.1, 0.15) is 31.4 Å². The highest BCUT2D eigenvalue weighted by molar-refractivity contribution is 9.10. The number of benzene rings is 2. The largest absolute Gasteiger partial charge is 0.497 e. The second-order valence-corrected chi connectivity index (χ2v) is 9.28. The Balaban J connectivity index is 1.57. The van der Waals surface area contributed by atoms with Crippen molar-refractivity contribution >= 4 is 36.9 Å². The molecule has 7 heteroatoms. The predicted molar refractivity (Wildman–Crippen MR) is 115 cm³/mol. The van der Waals surface area contributed by atoms with Crippen molar-refractivity contribution in [2.45, 2.75) is 30.6 Å². The Morgan fingerprint density at radius 3 is 2.57 bits per heavy atom. The van der Waals surface area contributed by atoms with E-state index in [0.29, 0.717) is 12.3 Å². The zero-order valence-electron chi connectivity index (χ0n) is 15.9. The summed E-state index contributed by atoms with van der Waals surface area (Å²) in [6, 6.07) is 16.4. The zero-order chi connectivity index (χ0) is 20.1. The first-order valence-electron chi connectivity index (χ1n) is 9.09. The molecular weight excluding hydrogens is 440 g/mol. The molecule has 5 nitrogen and oxygen atoms in total. The molecule has 28 heavy (non-hydrogen) atoms. The molecule has 1 unspecified atom stereocenters. The molecule has 0 fully saturated rings. The molecule has 0 radical (unpaired) electrons. The topological polar surface area (TPSA) is 68.3 Å². The molecule has 2 aromatic carbocycles. The van der Waals surface area contributed by atoms with Crippen LogP contribution in [0.15, 0.2) is 64.0 Å². The van der Waals surface area contributed by atoms with Gasteiger partial charge in [0.05, 0.1) is 17.5 Å². The van der Waals surface area contributed by atoms with Crippen LogP contribution in [0.2, 0.25) is 0 Å². The van der Waals surface area contributed by atoms with Gasteiger partial charge in [0, 0.05) is 22.1 Å². The Morgan fingerprint density at radius 1 is 1.14 bits per heavy atom. The number of sulfonamides is 1. The monoisotopic (exact) mass is 462 g/mol. The summed E-state index contributed by atoms with van der Waals surface area (Å²) in [5.74, 6) is 0.855. The van der Waals surface area contributed by atoms with Crippen LogP contribution in [0.5, 0.6) is 5.75 Å². The lowest BCUT2D eigenvalue weighted by atomic mass is 10.0. The Bertz CT molecular complexity index is 1050. The second-order valence-electron chi connectivity index (χ2n) is 6.66. The number of hydrogen-bond acceptors (Lipinski definition) is 4. The Kier molecular flexibility index (Phi) is 6.69. The number of para-hydroxylation sites is 1. The van der Waals surface area contributed by atoms with Crippen molar-refractivity contribution in [2.75, 3.05) is 13.7 Å². The van der Waals surface area contributed by atoms with Crippen LogP contribution in [0.4, 0.5) is 0 Å². The molecule has 3 rings (SSSR count). The van der Waals surface area contributed by atoms with Crippen molar-refractivity contribution in [3.8, 4) is 5.75 Å². The molecule has 0 aliphatic carbocycles. The average molecular weight is 463 g/mol. The molecular formula is C21H23BrN2O3S. The molecule has 0 bridgehead atoms. The molecule has 1 aromatic heterocycles. The molecule has 1 atom stereocenters. The van der Waals surface area contributed by atoms with Gasteiger partial charge in [-0.2, -0.15) is 0 Å². The molecule has 0 saturated carbocycles. The van der Waals surface area contributed by atoms with Gasteiger partial charge in [0.2, 0.25) is 10.0 Å². The van der Waals surface area contributed by atoms with E-state index < -0.39 is 10.0 Å². The fourth-order valence-corrected chi connectivity index (χ4v) is 4.65. The molecule has 0 saturated heterocycles. The fraction of sp³-hybridized carbons (Fsp3) is 0.286. The summed E-state index contributed by atoms with van der Waals surface area (Å²) in [5, 5.41) is 1.09. The summed E-state index contributed by atoms with van der Waals surface area (Å²) in [5.41, 5.74) is 1.96. The Hall–Kier alpha value is -1.96. The minimum atomic E-state index is -3.51. The first-order chi connectivity index (χ1) is 13.4. The van der Waals surface area contributed by atoms with Gasteiger partial charge in [-0.25, -0.2) is 13.1 Å². The van der Waals surface area contributed by atoms with E-state index in [2.05, 4.69) is 33.6 Å². The number of nitrogens with zero attached hydrogens (tertiary/aromatic N) is 1. The van der Waals surface area contributed by atoms with Crippen molar-refractivity contribution < 1.29 is 13.2 Å². The highest BCUT2D eigenvalue weighted by Crippen LogP contribution is 2.28. The second kappa shape index (κ2) is 9.03. The highest BCUT2D eigenvalue weighted by Gasteiger charge is 2.15. The van der Waals surface area contributed by atoms with E-state index in [0.717, 1.165) is 33.9 Å². The van der Waals surface area contributed by atoms with E-state index in [-0.39, 0.29) is 10.8 Å². The lowest BCUT2D eigenvalue weighted by molar-refractivity contribution is 0.414. The minimum absolute atomic E-state index is 0.228. The standard InChI is InChI=1S/C21H23BrN2O3S/c1-15(21-14-19(22)18-7-3-4-8-20(18)24-21)6-5-13-23-28(25,26)17-11-9-16(27-2)10-12-17/h3-4,7-12,14-15,23H,5-6,13H2,1-2H3. The van der Waals surface area contributed by atoms with Gasteiger partial charge in [-0.05, 0) is 55.2 Å². The maximum atomic E-state index is 12.4. The number of hydrogen-bond donors (Lipinski definition) is 1. The van der Waals surface area contributed by atoms with E-state index in [1.54, 1.807) is 31.4 Å². The number of fused-ring (bicyclic) bond motifs is 1. The van der Waals surface area contributed by atoms with Crippen LogP contribution in [0.25, 0.3) is 10.9 Å². The van der Waals surface area contributed by atoms with E-state index in [1.165, 1.54) is 0 Å². The average Bonchev–Trinajstić information content (AvgIpc) is 2.71. The number of nitrogens with one attached hydrogen (secondary N) is 1. The number of pyridine rings is 1. The molecule has 0 amide bonds. The van der Waals surface area contributed by atoms with Gasteiger partial charge in [-0.1, -0.05) is 41.1 Å². The van der Waals surface area contributed by atoms with Gasteiger partial charge in [-0.15, -0.1) is 0 Å². The number of rotatable bonds is 8. The number of ether oxygens (including phenoxy) is 1. The van der Waals surface area contributed by atoms with Crippen molar-refractivity contribution in [1.82, 2.24) is 9.71 Å². The van der Waals surface area contributed by atoms with Crippen LogP contribution in [0.3, 0.4) is 0 Å². The predicted octanol–water partition coefficient (Wildman–Crippen LogP) is 4.87. The first-order valence-corrected chi connectivity index (χ1v) is 11.4. The van der Waals surface area contributed by atoms with Crippen molar-refractivity contribution in [1.29, 1.82) is 0 Å². The molecule has 0 spiro atoms. The minimum Gasteiger partial charge on any atom is -0.497 e. The van der Waals surface area contributed by atoms with Gasteiger partial charge < -0.3 is 4.74 Å². The van der Waals surface area contributed by atoms with Gasteiger partial charge in [0.25, 0.3) is 0 Å². The van der Waals surface area contributed by atoms with Gasteiger partial charge >= 0.3 is 0 Å². The summed E-state index contributed by atoms with van der Waals surface area (Å²) in [6.45, 7) is 2.50. The normalized spacial score (nSPS) is 12.8. The third-order valence-corrected chi connectivity index (χ3v) is 6.80. The Labute approximate surface area is 174 Å². The molecule has 0 aliphatic rings. The van der Waals surface area contributed by atoms with Gasteiger partial charge in [0.1, 0.15) is 5.75 Å². The highest BCUT2D eigenvalue weighted by atomic mass is 79.9. The summed E-state index contributed by atoms with van der Waals surface area (Å²) >= 11 is 3.62. The van der Waals surface area contributed by atoms with Crippen LogP contribution in [-0.4, -0.2) is 27.1 Å². The smallest absolute Gasteiger partial charge is 0.240 e. The van der Waals surface area contributed by atoms with Crippen molar-refractivity contribution in [2.24, 2.45) is 0 Å². The molecule has 1 heterocycles. The van der Waals surface area contributed by atoms with Crippen molar-refractivity contribution in [3.63, 3.8) is 0 Å². The number of methoxy groups -OCH3 is 1. The van der Waals surface area contributed by atoms with Crippen LogP contribution >= 0.6 is 15.9 Å². The summed E-state index contributed by atoms with van der Waals surface area (Å²) in [7, 11) is -1.96. The van der Waals surface area contributed by atoms with Crippen LogP contribution < -0.4 is 9.46 Å². The summed E-state index contributed by atoms with van der Waals surface area (Å²) in [6.07, 6.45) is 1.56. The molecule has 0 aliphatic heterocycles. The zero-order valence-corrected chi connectivity index (χ0v) is 18.3. The van der Waals surface area contributed by atoms with E-state index >= 15 is 0 Å². The van der Waals surface area contributed by atoms with E-state index in [9.17, 15) is 8.42 Å². The Morgan fingerprint density at radius 2 is 1.86 bits per heavy atom. The first kappa shape index (κ1) is 20.8. The maximum absolute atomic E-state index is 12.4. The van der Waals surface area contributed by atoms with E-state index in [4.69, 9.17) is 9.72 Å². The third-order valence-electron chi connectivity index (χ3n) is 4.67. The quantitative estimate of drug-likeness (QED) is 0.484. The van der Waals surface area contributed by atoms with Gasteiger partial charge in [-0.3, -0.25) is 4.98 Å². The molecule has 148 valence electrons. The third kappa shape index (κ3) is 4.90. The SMILES string of the molecule is COc1ccc(S(=O)(=O)NCCCC(C)c2cc(Br)c3ccccc3n2)cc1. The van der Waals surface area contributed by atoms with Crippen LogP contribution in [-0.2, 0) is 10.0 Å². The molecule has 3 aromatic rings. The number of halogens is 1. The molecule has 1 N–H and O–H groups in total. The fourth-order valence-electron chi connectivity index (χ4n) is 3.01. The number of aromatic nitrogens is 1. The summed E-state index contributed by atoms with van der Waals surface area (Å²) < 4.78 is 33.5. The lowest BCUT2D eigenvalue weighted by Crippen LogP contribution is -2.25. The van der Waals surface area contributed by atoms with Gasteiger partial charge in [0.15, 0.2) is 0 Å². The van der Waals surface area contributed by atoms with E-state index in [1.807, 2.05) is 24.3 Å². The van der Waals surface area contributed by atoms with Crippen molar-refractivity contribution in [3.05, 3.63) is 64.8 Å².